The van der Waals surface area contributed by atoms with Crippen molar-refractivity contribution >= 4 is 0 Å². The number of fused-ring (bicyclic) bond motifs is 1. The number of nitrogens with zero attached hydrogens (tertiary/aromatic N) is 1. The van der Waals surface area contributed by atoms with E-state index < -0.39 is 0 Å². The zero-order valence-electron chi connectivity index (χ0n) is 9.92. The quantitative estimate of drug-likeness (QED) is 0.723. The van der Waals surface area contributed by atoms with Crippen LogP contribution in [0.1, 0.15) is 17.2 Å². The highest BCUT2D eigenvalue weighted by atomic mass is 16.5. The molecule has 3 rings (SSSR count). The fourth-order valence-electron chi connectivity index (χ4n) is 2.29. The molecule has 0 radical (unpaired) electrons. The van der Waals surface area contributed by atoms with Gasteiger partial charge >= 0.3 is 0 Å². The standard InChI is InChI=1S/C14H11N3O2/c15-7-10-13(11-2-1-5-17-11)9-4-3-8(18)6-12(9)19-14(10)16/h1-6,13,17-18H,16H2/t13-/m1/s1. The maximum absolute atomic E-state index is 9.50. The lowest BCUT2D eigenvalue weighted by atomic mass is 9.87. The van der Waals surface area contributed by atoms with E-state index in [-0.39, 0.29) is 17.6 Å². The molecular formula is C14H11N3O2. The molecule has 0 saturated heterocycles. The molecule has 0 amide bonds. The van der Waals surface area contributed by atoms with Crippen molar-refractivity contribution < 1.29 is 9.84 Å². The molecule has 0 unspecified atom stereocenters. The molecule has 2 heterocycles. The Balaban J connectivity index is 2.23. The lowest BCUT2D eigenvalue weighted by Gasteiger charge is -2.25. The summed E-state index contributed by atoms with van der Waals surface area (Å²) in [5, 5.41) is 18.8. The van der Waals surface area contributed by atoms with Crippen molar-refractivity contribution in [1.82, 2.24) is 4.98 Å². The largest absolute Gasteiger partial charge is 0.508 e. The first-order valence-corrected chi connectivity index (χ1v) is 5.74. The summed E-state index contributed by atoms with van der Waals surface area (Å²) < 4.78 is 5.41. The van der Waals surface area contributed by atoms with E-state index in [2.05, 4.69) is 11.1 Å². The summed E-state index contributed by atoms with van der Waals surface area (Å²) in [6.07, 6.45) is 1.79. The number of hydrogen-bond donors (Lipinski definition) is 3. The minimum atomic E-state index is -0.302. The number of phenolic OH excluding ortho intramolecular Hbond substituents is 1. The lowest BCUT2D eigenvalue weighted by molar-refractivity contribution is 0.387. The van der Waals surface area contributed by atoms with E-state index >= 15 is 0 Å². The summed E-state index contributed by atoms with van der Waals surface area (Å²) in [4.78, 5) is 3.09. The molecule has 1 aromatic heterocycles. The van der Waals surface area contributed by atoms with Gasteiger partial charge in [-0.25, -0.2) is 0 Å². The van der Waals surface area contributed by atoms with Gasteiger partial charge in [-0.3, -0.25) is 0 Å². The van der Waals surface area contributed by atoms with Crippen LogP contribution in [0.5, 0.6) is 11.5 Å². The molecule has 2 aromatic rings. The van der Waals surface area contributed by atoms with E-state index in [0.717, 1.165) is 11.3 Å². The highest BCUT2D eigenvalue weighted by molar-refractivity contribution is 5.55. The van der Waals surface area contributed by atoms with Gasteiger partial charge in [0.05, 0.1) is 5.92 Å². The van der Waals surface area contributed by atoms with E-state index in [1.807, 2.05) is 12.1 Å². The molecule has 1 aliphatic rings. The first-order chi connectivity index (χ1) is 9.20. The van der Waals surface area contributed by atoms with E-state index in [4.69, 9.17) is 10.5 Å². The van der Waals surface area contributed by atoms with Gasteiger partial charge in [-0.05, 0) is 18.2 Å². The van der Waals surface area contributed by atoms with Crippen LogP contribution in [0.15, 0.2) is 48.0 Å². The van der Waals surface area contributed by atoms with Crippen LogP contribution < -0.4 is 10.5 Å². The van der Waals surface area contributed by atoms with Crippen LogP contribution in [0.3, 0.4) is 0 Å². The summed E-state index contributed by atoms with van der Waals surface area (Å²) in [5.41, 5.74) is 7.81. The number of phenols is 1. The van der Waals surface area contributed by atoms with E-state index in [0.29, 0.717) is 11.3 Å². The average Bonchev–Trinajstić information content (AvgIpc) is 2.90. The number of H-pyrrole nitrogens is 1. The van der Waals surface area contributed by atoms with Gasteiger partial charge in [0.2, 0.25) is 5.88 Å². The number of allylic oxidation sites excluding steroid dienone is 1. The number of aromatic amines is 1. The van der Waals surface area contributed by atoms with Crippen LogP contribution in [0.2, 0.25) is 0 Å². The average molecular weight is 253 g/mol. The number of nitrogens with two attached hydrogens (primary N) is 1. The number of nitriles is 1. The molecular weight excluding hydrogens is 242 g/mol. The van der Waals surface area contributed by atoms with Crippen molar-refractivity contribution in [2.75, 3.05) is 0 Å². The molecule has 0 spiro atoms. The minimum absolute atomic E-state index is 0.0696. The van der Waals surface area contributed by atoms with Gasteiger partial charge in [0.1, 0.15) is 23.1 Å². The fraction of sp³-hybridized carbons (Fsp3) is 0.0714. The van der Waals surface area contributed by atoms with Crippen molar-refractivity contribution in [1.29, 1.82) is 5.26 Å². The maximum atomic E-state index is 9.50. The van der Waals surface area contributed by atoms with Crippen LogP contribution in [-0.2, 0) is 0 Å². The zero-order chi connectivity index (χ0) is 13.4. The highest BCUT2D eigenvalue weighted by Gasteiger charge is 2.31. The van der Waals surface area contributed by atoms with Crippen LogP contribution in [0.25, 0.3) is 0 Å². The first kappa shape index (κ1) is 11.2. The van der Waals surface area contributed by atoms with Crippen molar-refractivity contribution in [3.63, 3.8) is 0 Å². The number of aromatic nitrogens is 1. The van der Waals surface area contributed by atoms with Crippen molar-refractivity contribution in [2.24, 2.45) is 5.73 Å². The number of aromatic hydroxyl groups is 1. The third-order valence-electron chi connectivity index (χ3n) is 3.14. The van der Waals surface area contributed by atoms with Gasteiger partial charge in [0.15, 0.2) is 0 Å². The van der Waals surface area contributed by atoms with Gasteiger partial charge in [0.25, 0.3) is 0 Å². The van der Waals surface area contributed by atoms with Crippen molar-refractivity contribution in [3.8, 4) is 17.6 Å². The molecule has 0 fully saturated rings. The number of benzene rings is 1. The Morgan fingerprint density at radius 2 is 2.21 bits per heavy atom. The van der Waals surface area contributed by atoms with E-state index in [1.165, 1.54) is 6.07 Å². The monoisotopic (exact) mass is 253 g/mol. The minimum Gasteiger partial charge on any atom is -0.508 e. The Morgan fingerprint density at radius 3 is 2.89 bits per heavy atom. The molecule has 1 atom stereocenters. The predicted octanol–water partition coefficient (Wildman–Crippen LogP) is 1.94. The molecule has 0 aliphatic carbocycles. The molecule has 19 heavy (non-hydrogen) atoms. The lowest BCUT2D eigenvalue weighted by Crippen LogP contribution is -2.21. The summed E-state index contributed by atoms with van der Waals surface area (Å²) >= 11 is 0. The Morgan fingerprint density at radius 1 is 1.37 bits per heavy atom. The van der Waals surface area contributed by atoms with Gasteiger partial charge in [-0.15, -0.1) is 0 Å². The molecule has 1 aromatic carbocycles. The van der Waals surface area contributed by atoms with Crippen LogP contribution in [-0.4, -0.2) is 10.1 Å². The Hall–Kier alpha value is -2.87. The molecule has 4 N–H and O–H groups in total. The number of hydrogen-bond acceptors (Lipinski definition) is 4. The highest BCUT2D eigenvalue weighted by Crippen LogP contribution is 2.42. The SMILES string of the molecule is N#CC1=C(N)Oc2cc(O)ccc2[C@H]1c1ccc[nH]1. The van der Waals surface area contributed by atoms with Gasteiger partial charge in [-0.2, -0.15) is 5.26 Å². The van der Waals surface area contributed by atoms with Crippen LogP contribution in [0.4, 0.5) is 0 Å². The smallest absolute Gasteiger partial charge is 0.205 e. The number of rotatable bonds is 1. The van der Waals surface area contributed by atoms with Gasteiger partial charge in [-0.1, -0.05) is 6.07 Å². The summed E-state index contributed by atoms with van der Waals surface area (Å²) in [7, 11) is 0. The first-order valence-electron chi connectivity index (χ1n) is 5.74. The second kappa shape index (κ2) is 4.10. The van der Waals surface area contributed by atoms with Crippen molar-refractivity contribution in [3.05, 3.63) is 59.2 Å². The van der Waals surface area contributed by atoms with E-state index in [1.54, 1.807) is 18.3 Å². The molecule has 5 nitrogen and oxygen atoms in total. The molecule has 1 aliphatic heterocycles. The molecule has 0 bridgehead atoms. The Kier molecular flexibility index (Phi) is 2.43. The predicted molar refractivity (Wildman–Crippen MR) is 68.2 cm³/mol. The van der Waals surface area contributed by atoms with E-state index in [9.17, 15) is 10.4 Å². The Bertz CT molecular complexity index is 696. The normalized spacial score (nSPS) is 17.5. The summed E-state index contributed by atoms with van der Waals surface area (Å²) in [5.74, 6) is 0.331. The third-order valence-corrected chi connectivity index (χ3v) is 3.14. The van der Waals surface area contributed by atoms with Crippen molar-refractivity contribution in [2.45, 2.75) is 5.92 Å². The summed E-state index contributed by atoms with van der Waals surface area (Å²) in [6.45, 7) is 0. The van der Waals surface area contributed by atoms with Crippen LogP contribution in [0, 0.1) is 11.3 Å². The fourth-order valence-corrected chi connectivity index (χ4v) is 2.29. The summed E-state index contributed by atoms with van der Waals surface area (Å²) in [6, 6.07) is 10.6. The third kappa shape index (κ3) is 1.70. The number of nitrogens with one attached hydrogen (secondary N) is 1. The topological polar surface area (TPSA) is 95.1 Å². The van der Waals surface area contributed by atoms with Gasteiger partial charge in [0, 0.05) is 23.5 Å². The molecule has 0 saturated carbocycles. The van der Waals surface area contributed by atoms with Crippen LogP contribution >= 0.6 is 0 Å². The zero-order valence-corrected chi connectivity index (χ0v) is 9.92. The van der Waals surface area contributed by atoms with Gasteiger partial charge < -0.3 is 20.6 Å². The second-order valence-corrected chi connectivity index (χ2v) is 4.27. The second-order valence-electron chi connectivity index (χ2n) is 4.27. The molecule has 94 valence electrons. The number of ether oxygens (including phenoxy) is 1. The Labute approximate surface area is 109 Å². The maximum Gasteiger partial charge on any atom is 0.205 e. The molecule has 5 heteroatoms.